The first kappa shape index (κ1) is 30.3. The average molecular weight is 572 g/mol. The molecule has 9 heteroatoms. The van der Waals surface area contributed by atoms with Gasteiger partial charge in [-0.15, -0.1) is 0 Å². The topological polar surface area (TPSA) is 115 Å². The first-order valence-electron chi connectivity index (χ1n) is 13.6. The molecule has 5 aromatic rings. The molecule has 9 nitrogen and oxygen atoms in total. The number of nitrogens with one attached hydrogen (secondary N) is 1. The third kappa shape index (κ3) is 7.00. The molecule has 2 amide bonds. The van der Waals surface area contributed by atoms with Crippen LogP contribution in [-0.4, -0.2) is 41.9 Å². The van der Waals surface area contributed by atoms with E-state index in [0.29, 0.717) is 23.6 Å². The monoisotopic (exact) mass is 571 g/mol. The van der Waals surface area contributed by atoms with Gasteiger partial charge < -0.3 is 10.2 Å². The van der Waals surface area contributed by atoms with Gasteiger partial charge in [-0.05, 0) is 86.0 Å². The largest absolute Gasteiger partial charge is 0.375 e. The van der Waals surface area contributed by atoms with Crippen molar-refractivity contribution in [2.24, 2.45) is 0 Å². The molecule has 0 atom stereocenters. The number of carbonyl (C=O) groups excluding carboxylic acids is 2. The Morgan fingerprint density at radius 1 is 0.884 bits per heavy atom. The van der Waals surface area contributed by atoms with Gasteiger partial charge in [0, 0.05) is 49.3 Å². The second-order valence-corrected chi connectivity index (χ2v) is 10.6. The molecule has 0 fully saturated rings. The maximum atomic E-state index is 12.5. The van der Waals surface area contributed by atoms with E-state index in [4.69, 9.17) is 0 Å². The lowest BCUT2D eigenvalue weighted by Gasteiger charge is -2.26. The predicted molar refractivity (Wildman–Crippen MR) is 171 cm³/mol. The van der Waals surface area contributed by atoms with Crippen LogP contribution in [0.3, 0.4) is 0 Å². The minimum absolute atomic E-state index is 0.460. The summed E-state index contributed by atoms with van der Waals surface area (Å²) in [6, 6.07) is 23.1. The number of nitrogens with zero attached hydrogens (tertiary/aromatic N) is 6. The second-order valence-electron chi connectivity index (χ2n) is 10.6. The zero-order valence-electron chi connectivity index (χ0n) is 24.8. The summed E-state index contributed by atoms with van der Waals surface area (Å²) in [5, 5.41) is 12.8. The van der Waals surface area contributed by atoms with Crippen molar-refractivity contribution < 1.29 is 9.59 Å². The number of carbonyl (C=O) groups is 2. The predicted octanol–water partition coefficient (Wildman–Crippen LogP) is 6.42. The Hall–Kier alpha value is -5.62. The summed E-state index contributed by atoms with van der Waals surface area (Å²) in [6.07, 6.45) is 8.39. The Kier molecular flexibility index (Phi) is 9.43. The van der Waals surface area contributed by atoms with Crippen LogP contribution in [-0.2, 0) is 15.0 Å². The highest BCUT2D eigenvalue weighted by molar-refractivity contribution is 6.07. The minimum Gasteiger partial charge on any atom is -0.375 e. The molecule has 0 spiro atoms. The molecule has 3 aromatic heterocycles. The minimum atomic E-state index is -0.636. The Morgan fingerprint density at radius 3 is 2.12 bits per heavy atom. The number of nitriles is 1. The highest BCUT2D eigenvalue weighted by Crippen LogP contribution is 2.40. The van der Waals surface area contributed by atoms with Crippen molar-refractivity contribution >= 4 is 46.6 Å². The molecule has 1 N–H and O–H groups in total. The van der Waals surface area contributed by atoms with Crippen molar-refractivity contribution in [2.45, 2.75) is 26.2 Å². The molecule has 216 valence electrons. The van der Waals surface area contributed by atoms with Gasteiger partial charge in [0.05, 0.1) is 34.6 Å². The molecule has 0 radical (unpaired) electrons. The van der Waals surface area contributed by atoms with Crippen LogP contribution in [0.1, 0.15) is 25.0 Å². The van der Waals surface area contributed by atoms with Gasteiger partial charge in [-0.1, -0.05) is 18.2 Å². The lowest BCUT2D eigenvalue weighted by molar-refractivity contribution is -0.107. The van der Waals surface area contributed by atoms with Gasteiger partial charge in [-0.25, -0.2) is 4.98 Å². The van der Waals surface area contributed by atoms with Gasteiger partial charge in [0.1, 0.15) is 5.82 Å². The molecule has 3 heterocycles. The van der Waals surface area contributed by atoms with Crippen molar-refractivity contribution in [3.05, 3.63) is 103 Å². The van der Waals surface area contributed by atoms with Crippen molar-refractivity contribution in [3.63, 3.8) is 0 Å². The molecule has 0 aliphatic heterocycles. The maximum absolute atomic E-state index is 12.5. The van der Waals surface area contributed by atoms with Gasteiger partial charge in [0.15, 0.2) is 0 Å². The van der Waals surface area contributed by atoms with Crippen LogP contribution >= 0.6 is 0 Å². The number of aromatic nitrogens is 3. The van der Waals surface area contributed by atoms with E-state index in [2.05, 4.69) is 26.3 Å². The number of pyridine rings is 3. The zero-order chi connectivity index (χ0) is 31.0. The van der Waals surface area contributed by atoms with E-state index in [1.165, 1.54) is 5.56 Å². The van der Waals surface area contributed by atoms with Crippen LogP contribution in [0.25, 0.3) is 22.0 Å². The second kappa shape index (κ2) is 13.4. The number of benzene rings is 2. The summed E-state index contributed by atoms with van der Waals surface area (Å²) >= 11 is 0. The Morgan fingerprint density at radius 2 is 1.58 bits per heavy atom. The fourth-order valence-electron chi connectivity index (χ4n) is 4.41. The van der Waals surface area contributed by atoms with Crippen molar-refractivity contribution in [2.75, 3.05) is 29.2 Å². The normalized spacial score (nSPS) is 10.6. The summed E-state index contributed by atoms with van der Waals surface area (Å²) in [7, 11) is 3.81. The fourth-order valence-corrected chi connectivity index (χ4v) is 4.41. The number of hydrogen-bond donors (Lipinski definition) is 1. The van der Waals surface area contributed by atoms with Crippen molar-refractivity contribution in [1.82, 2.24) is 15.0 Å². The first-order chi connectivity index (χ1) is 20.7. The summed E-state index contributed by atoms with van der Waals surface area (Å²) in [6.45, 7) is 5.76. The summed E-state index contributed by atoms with van der Waals surface area (Å²) in [4.78, 5) is 39.4. The van der Waals surface area contributed by atoms with Crippen LogP contribution < -0.4 is 15.1 Å². The lowest BCUT2D eigenvalue weighted by Crippen LogP contribution is -2.20. The zero-order valence-corrected chi connectivity index (χ0v) is 24.8. The van der Waals surface area contributed by atoms with E-state index in [1.54, 1.807) is 35.8 Å². The van der Waals surface area contributed by atoms with Gasteiger partial charge in [-0.3, -0.25) is 24.5 Å². The van der Waals surface area contributed by atoms with Crippen LogP contribution in [0, 0.1) is 18.3 Å². The van der Waals surface area contributed by atoms with E-state index < -0.39 is 5.41 Å². The van der Waals surface area contributed by atoms with Crippen LogP contribution in [0.5, 0.6) is 0 Å². The maximum Gasteiger partial charge on any atom is 0.218 e. The smallest absolute Gasteiger partial charge is 0.218 e. The number of hydrogen-bond acceptors (Lipinski definition) is 7. The van der Waals surface area contributed by atoms with E-state index in [9.17, 15) is 14.9 Å². The van der Waals surface area contributed by atoms with E-state index in [-0.39, 0.29) is 0 Å². The Labute approximate surface area is 251 Å². The molecule has 0 saturated carbocycles. The molecule has 43 heavy (non-hydrogen) atoms. The van der Waals surface area contributed by atoms with Gasteiger partial charge in [-0.2, -0.15) is 5.26 Å². The lowest BCUT2D eigenvalue weighted by atomic mass is 9.86. The van der Waals surface area contributed by atoms with Gasteiger partial charge >= 0.3 is 0 Å². The quantitative estimate of drug-likeness (QED) is 0.214. The number of anilines is 4. The highest BCUT2D eigenvalue weighted by atomic mass is 16.1. The third-order valence-corrected chi connectivity index (χ3v) is 6.95. The van der Waals surface area contributed by atoms with Crippen LogP contribution in [0.15, 0.2) is 91.5 Å². The first-order valence-corrected chi connectivity index (χ1v) is 13.6. The van der Waals surface area contributed by atoms with Crippen molar-refractivity contribution in [1.29, 1.82) is 5.26 Å². The van der Waals surface area contributed by atoms with Gasteiger partial charge in [0.2, 0.25) is 12.8 Å². The van der Waals surface area contributed by atoms with E-state index in [1.807, 2.05) is 100 Å². The number of amides is 2. The molecule has 0 aliphatic rings. The molecule has 2 aromatic carbocycles. The third-order valence-electron chi connectivity index (χ3n) is 6.95. The molecular formula is C34H33N7O2. The number of aryl methyl sites for hydroxylation is 1. The SMILES string of the molecule is CN(C)c1cnc2ccc(-c3ccc(NC=O)nc3)cc2c1N(C=O)c1ccc(C(C)(C)C#N)cc1.Cc1ccncc1. The van der Waals surface area contributed by atoms with Crippen LogP contribution in [0.2, 0.25) is 0 Å². The summed E-state index contributed by atoms with van der Waals surface area (Å²) in [5.41, 5.74) is 6.12. The van der Waals surface area contributed by atoms with Gasteiger partial charge in [0.25, 0.3) is 0 Å². The van der Waals surface area contributed by atoms with Crippen LogP contribution in [0.4, 0.5) is 22.9 Å². The molecular weight excluding hydrogens is 538 g/mol. The van der Waals surface area contributed by atoms with E-state index >= 15 is 0 Å². The number of fused-ring (bicyclic) bond motifs is 1. The Balaban J connectivity index is 0.000000530. The molecule has 0 unspecified atom stereocenters. The number of rotatable bonds is 8. The molecule has 0 aliphatic carbocycles. The molecule has 0 saturated heterocycles. The summed E-state index contributed by atoms with van der Waals surface area (Å²) in [5.74, 6) is 0.460. The van der Waals surface area contributed by atoms with Crippen molar-refractivity contribution in [3.8, 4) is 17.2 Å². The highest BCUT2D eigenvalue weighted by Gasteiger charge is 2.22. The Bertz CT molecular complexity index is 1750. The molecule has 0 bridgehead atoms. The summed E-state index contributed by atoms with van der Waals surface area (Å²) < 4.78 is 0. The average Bonchev–Trinajstić information content (AvgIpc) is 3.02. The molecule has 5 rings (SSSR count). The fraction of sp³-hybridized carbons (Fsp3) is 0.176. The van der Waals surface area contributed by atoms with E-state index in [0.717, 1.165) is 39.7 Å². The standard InChI is InChI=1S/C28H26N6O2.C6H7N/c1-28(2,16-29)21-7-9-22(10-8-21)34(18-36)27-23-13-19(20-6-12-26(31-14-20)32-17-35)5-11-24(23)30-15-25(27)33(3)4;1-6-2-4-7-5-3-6/h5-15,17-18H,1-4H3,(H,31,32,35);2-5H,1H3.